The summed E-state index contributed by atoms with van der Waals surface area (Å²) in [6.45, 7) is 4.79. The third kappa shape index (κ3) is 5.71. The monoisotopic (exact) mass is 483 g/mol. The van der Waals surface area contributed by atoms with Gasteiger partial charge in [-0.15, -0.1) is 0 Å². The maximum atomic E-state index is 13.1. The van der Waals surface area contributed by atoms with Crippen LogP contribution >= 0.6 is 0 Å². The van der Waals surface area contributed by atoms with Crippen LogP contribution < -0.4 is 15.5 Å². The van der Waals surface area contributed by atoms with Crippen molar-refractivity contribution in [1.29, 1.82) is 0 Å². The minimum absolute atomic E-state index is 0.00263. The van der Waals surface area contributed by atoms with Crippen LogP contribution in [-0.4, -0.2) is 35.2 Å². The molecule has 0 radical (unpaired) electrons. The van der Waals surface area contributed by atoms with Crippen LogP contribution in [0.5, 0.6) is 0 Å². The summed E-state index contributed by atoms with van der Waals surface area (Å²) in [5.41, 5.74) is 3.07. The summed E-state index contributed by atoms with van der Waals surface area (Å²) in [6.07, 6.45) is -0.140. The molecule has 2 heterocycles. The first-order valence-corrected chi connectivity index (χ1v) is 11.0. The lowest BCUT2D eigenvalue weighted by atomic mass is 9.96. The van der Waals surface area contributed by atoms with Gasteiger partial charge >= 0.3 is 6.18 Å². The number of fused-ring (bicyclic) bond motifs is 1. The summed E-state index contributed by atoms with van der Waals surface area (Å²) in [5, 5.41) is 10.1. The van der Waals surface area contributed by atoms with Crippen molar-refractivity contribution in [2.75, 3.05) is 23.3 Å². The molecule has 0 spiro atoms. The van der Waals surface area contributed by atoms with Crippen LogP contribution in [0.1, 0.15) is 16.8 Å². The molecule has 0 saturated carbocycles. The molecule has 1 aromatic heterocycles. The molecule has 1 aliphatic heterocycles. The van der Waals surface area contributed by atoms with Crippen molar-refractivity contribution in [2.24, 2.45) is 5.92 Å². The van der Waals surface area contributed by atoms with Gasteiger partial charge in [0.05, 0.1) is 23.5 Å². The second-order valence-corrected chi connectivity index (χ2v) is 8.30. The number of anilines is 3. The van der Waals surface area contributed by atoms with E-state index in [1.807, 2.05) is 29.3 Å². The van der Waals surface area contributed by atoms with Crippen molar-refractivity contribution in [3.8, 4) is 0 Å². The Morgan fingerprint density at radius 2 is 1.97 bits per heavy atom. The maximum Gasteiger partial charge on any atom is 0.416 e. The highest BCUT2D eigenvalue weighted by Gasteiger charge is 2.32. The molecule has 10 heteroatoms. The van der Waals surface area contributed by atoms with E-state index in [1.54, 1.807) is 10.7 Å². The number of carbonyl (C=O) groups excluding carboxylic acids is 2. The molecule has 0 aliphatic carbocycles. The van der Waals surface area contributed by atoms with Crippen molar-refractivity contribution < 1.29 is 22.8 Å². The molecular formula is C25H24F3N5O2. The van der Waals surface area contributed by atoms with Crippen molar-refractivity contribution in [3.63, 3.8) is 0 Å². The summed E-state index contributed by atoms with van der Waals surface area (Å²) in [5.74, 6) is -0.289. The predicted octanol–water partition coefficient (Wildman–Crippen LogP) is 4.13. The molecule has 1 atom stereocenters. The first kappa shape index (κ1) is 24.1. The molecular weight excluding hydrogens is 459 g/mol. The van der Waals surface area contributed by atoms with Gasteiger partial charge in [0.25, 0.3) is 0 Å². The molecule has 0 bridgehead atoms. The molecule has 2 aromatic carbocycles. The van der Waals surface area contributed by atoms with Gasteiger partial charge in [-0.05, 0) is 60.4 Å². The molecule has 7 nitrogen and oxygen atoms in total. The Morgan fingerprint density at radius 3 is 2.66 bits per heavy atom. The van der Waals surface area contributed by atoms with E-state index < -0.39 is 11.7 Å². The maximum absolute atomic E-state index is 13.1. The second-order valence-electron chi connectivity index (χ2n) is 8.30. The molecule has 0 saturated heterocycles. The summed E-state index contributed by atoms with van der Waals surface area (Å²) in [6, 6.07) is 12.4. The highest BCUT2D eigenvalue weighted by molar-refractivity contribution is 5.86. The van der Waals surface area contributed by atoms with Crippen molar-refractivity contribution in [1.82, 2.24) is 15.1 Å². The Morgan fingerprint density at radius 1 is 1.20 bits per heavy atom. The zero-order chi connectivity index (χ0) is 25.0. The Hall–Kier alpha value is -4.08. The van der Waals surface area contributed by atoms with Gasteiger partial charge in [-0.1, -0.05) is 18.7 Å². The number of nitrogens with one attached hydrogen (secondary N) is 2. The van der Waals surface area contributed by atoms with Crippen LogP contribution in [0, 0.1) is 5.92 Å². The molecule has 0 fully saturated rings. The topological polar surface area (TPSA) is 79.3 Å². The highest BCUT2D eigenvalue weighted by Crippen LogP contribution is 2.37. The summed E-state index contributed by atoms with van der Waals surface area (Å²) < 4.78 is 41.0. The van der Waals surface area contributed by atoms with E-state index in [0.29, 0.717) is 43.8 Å². The first-order chi connectivity index (χ1) is 16.8. The van der Waals surface area contributed by atoms with Gasteiger partial charge in [0.1, 0.15) is 0 Å². The number of rotatable bonds is 8. The summed E-state index contributed by atoms with van der Waals surface area (Å²) in [7, 11) is 0. The van der Waals surface area contributed by atoms with Gasteiger partial charge in [0.2, 0.25) is 12.3 Å². The van der Waals surface area contributed by atoms with Gasteiger partial charge < -0.3 is 15.5 Å². The van der Waals surface area contributed by atoms with Gasteiger partial charge in [-0.25, -0.2) is 0 Å². The molecule has 182 valence electrons. The normalized spacial score (nSPS) is 15.3. The number of amides is 2. The van der Waals surface area contributed by atoms with E-state index in [-0.39, 0.29) is 11.8 Å². The molecule has 2 amide bonds. The predicted molar refractivity (Wildman–Crippen MR) is 126 cm³/mol. The number of hydrogen-bond donors (Lipinski definition) is 2. The quantitative estimate of drug-likeness (QED) is 0.373. The molecule has 1 aliphatic rings. The number of benzene rings is 2. The van der Waals surface area contributed by atoms with E-state index in [0.717, 1.165) is 29.1 Å². The van der Waals surface area contributed by atoms with Crippen molar-refractivity contribution in [2.45, 2.75) is 19.1 Å². The average Bonchev–Trinajstić information content (AvgIpc) is 3.24. The third-order valence-corrected chi connectivity index (χ3v) is 5.78. The lowest BCUT2D eigenvalue weighted by Gasteiger charge is -2.33. The summed E-state index contributed by atoms with van der Waals surface area (Å²) in [4.78, 5) is 24.3. The molecule has 4 rings (SSSR count). The number of hydrogen-bond acceptors (Lipinski definition) is 4. The van der Waals surface area contributed by atoms with E-state index in [4.69, 9.17) is 5.10 Å². The van der Waals surface area contributed by atoms with Crippen molar-refractivity contribution in [3.05, 3.63) is 84.2 Å². The number of halogens is 3. The molecule has 1 unspecified atom stereocenters. The number of aromatic nitrogens is 2. The van der Waals surface area contributed by atoms with Crippen LogP contribution in [0.3, 0.4) is 0 Å². The van der Waals surface area contributed by atoms with Gasteiger partial charge in [-0.2, -0.15) is 18.3 Å². The molecule has 35 heavy (non-hydrogen) atoms. The van der Waals surface area contributed by atoms with E-state index in [2.05, 4.69) is 17.2 Å². The SMILES string of the molecule is C=CC(=O)NCC1Cc2nn(Cc3cccc(NC=O)c3)cc2N(c2ccc(C(F)(F)F)cc2)C1. The minimum Gasteiger partial charge on any atom is -0.352 e. The average molecular weight is 483 g/mol. The van der Waals surface area contributed by atoms with E-state index >= 15 is 0 Å². The fraction of sp³-hybridized carbons (Fsp3) is 0.240. The number of alkyl halides is 3. The zero-order valence-corrected chi connectivity index (χ0v) is 18.8. The largest absolute Gasteiger partial charge is 0.416 e. The van der Waals surface area contributed by atoms with Crippen LogP contribution in [0.15, 0.2) is 67.4 Å². The minimum atomic E-state index is -4.42. The Bertz CT molecular complexity index is 1220. The second kappa shape index (κ2) is 10.0. The lowest BCUT2D eigenvalue weighted by Crippen LogP contribution is -2.38. The van der Waals surface area contributed by atoms with Gasteiger partial charge in [-0.3, -0.25) is 14.3 Å². The number of nitrogens with zero attached hydrogens (tertiary/aromatic N) is 3. The molecule has 3 aromatic rings. The van der Waals surface area contributed by atoms with Gasteiger partial charge in [0, 0.05) is 30.7 Å². The summed E-state index contributed by atoms with van der Waals surface area (Å²) >= 11 is 0. The van der Waals surface area contributed by atoms with Crippen LogP contribution in [-0.2, 0) is 28.7 Å². The molecule has 2 N–H and O–H groups in total. The smallest absolute Gasteiger partial charge is 0.352 e. The Labute approximate surface area is 200 Å². The van der Waals surface area contributed by atoms with Crippen molar-refractivity contribution >= 4 is 29.4 Å². The van der Waals surface area contributed by atoms with Crippen LogP contribution in [0.2, 0.25) is 0 Å². The first-order valence-electron chi connectivity index (χ1n) is 11.0. The van der Waals surface area contributed by atoms with Gasteiger partial charge in [0.15, 0.2) is 0 Å². The Balaban J connectivity index is 1.63. The van der Waals surface area contributed by atoms with E-state index in [1.165, 1.54) is 18.2 Å². The van der Waals surface area contributed by atoms with Crippen LogP contribution in [0.25, 0.3) is 0 Å². The fourth-order valence-corrected chi connectivity index (χ4v) is 4.14. The third-order valence-electron chi connectivity index (χ3n) is 5.78. The standard InChI is InChI=1S/C25H24F3N5O2/c1-2-24(35)29-12-18-11-22-23(33(14-18)21-8-6-19(7-9-21)25(26,27)28)15-32(31-22)13-17-4-3-5-20(10-17)30-16-34/h2-10,15-16,18H,1,11-14H2,(H,29,35)(H,30,34). The lowest BCUT2D eigenvalue weighted by molar-refractivity contribution is -0.137. The number of carbonyl (C=O) groups is 2. The van der Waals surface area contributed by atoms with E-state index in [9.17, 15) is 22.8 Å². The highest BCUT2D eigenvalue weighted by atomic mass is 19.4. The Kier molecular flexibility index (Phi) is 6.90. The van der Waals surface area contributed by atoms with Crippen LogP contribution in [0.4, 0.5) is 30.2 Å². The fourth-order valence-electron chi connectivity index (χ4n) is 4.14. The zero-order valence-electron chi connectivity index (χ0n) is 18.8.